The Morgan fingerprint density at radius 2 is 2.10 bits per heavy atom. The van der Waals surface area contributed by atoms with E-state index < -0.39 is 10.0 Å². The zero-order chi connectivity index (χ0) is 15.2. The number of anilines is 2. The first-order valence-corrected chi connectivity index (χ1v) is 9.02. The number of sulfonamides is 1. The SMILES string of the molecule is Cc1c(N2CCc3sccc3C2)cc(N)cc1S(N)(=O)=O. The van der Waals surface area contributed by atoms with E-state index in [-0.39, 0.29) is 4.90 Å². The van der Waals surface area contributed by atoms with Crippen LogP contribution in [-0.4, -0.2) is 15.0 Å². The molecular weight excluding hydrogens is 306 g/mol. The number of nitrogens with two attached hydrogens (primary N) is 2. The van der Waals surface area contributed by atoms with Crippen molar-refractivity contribution in [3.05, 3.63) is 39.6 Å². The predicted octanol–water partition coefficient (Wildman–Crippen LogP) is 1.85. The van der Waals surface area contributed by atoms with Crippen molar-refractivity contribution in [1.29, 1.82) is 0 Å². The minimum absolute atomic E-state index is 0.105. The van der Waals surface area contributed by atoms with Crippen LogP contribution in [0.5, 0.6) is 0 Å². The molecule has 5 nitrogen and oxygen atoms in total. The van der Waals surface area contributed by atoms with Gasteiger partial charge < -0.3 is 10.6 Å². The zero-order valence-electron chi connectivity index (χ0n) is 11.7. The lowest BCUT2D eigenvalue weighted by molar-refractivity contribution is 0.597. The first kappa shape index (κ1) is 14.4. The van der Waals surface area contributed by atoms with Crippen molar-refractivity contribution in [3.8, 4) is 0 Å². The van der Waals surface area contributed by atoms with Gasteiger partial charge in [0.15, 0.2) is 0 Å². The smallest absolute Gasteiger partial charge is 0.238 e. The average molecular weight is 323 g/mol. The summed E-state index contributed by atoms with van der Waals surface area (Å²) in [5, 5.41) is 7.38. The number of fused-ring (bicyclic) bond motifs is 1. The van der Waals surface area contributed by atoms with E-state index in [2.05, 4.69) is 16.3 Å². The third-order valence-electron chi connectivity index (χ3n) is 3.81. The fourth-order valence-corrected chi connectivity index (χ4v) is 4.49. The summed E-state index contributed by atoms with van der Waals surface area (Å²) in [5.74, 6) is 0. The molecule has 1 aromatic carbocycles. The maximum Gasteiger partial charge on any atom is 0.238 e. The number of thiophene rings is 1. The minimum Gasteiger partial charge on any atom is -0.399 e. The summed E-state index contributed by atoms with van der Waals surface area (Å²) >= 11 is 1.77. The van der Waals surface area contributed by atoms with E-state index in [0.29, 0.717) is 11.3 Å². The minimum atomic E-state index is -3.77. The third-order valence-corrected chi connectivity index (χ3v) is 5.87. The van der Waals surface area contributed by atoms with Crippen LogP contribution in [0.4, 0.5) is 11.4 Å². The molecule has 0 unspecified atom stereocenters. The Morgan fingerprint density at radius 3 is 2.81 bits per heavy atom. The van der Waals surface area contributed by atoms with Gasteiger partial charge in [0.05, 0.1) is 4.90 Å². The molecule has 1 aliphatic heterocycles. The largest absolute Gasteiger partial charge is 0.399 e. The van der Waals surface area contributed by atoms with Crippen molar-refractivity contribution in [1.82, 2.24) is 0 Å². The van der Waals surface area contributed by atoms with Gasteiger partial charge >= 0.3 is 0 Å². The second-order valence-corrected chi connectivity index (χ2v) is 7.78. The van der Waals surface area contributed by atoms with Crippen LogP contribution in [0.15, 0.2) is 28.5 Å². The van der Waals surface area contributed by atoms with Crippen LogP contribution in [0.25, 0.3) is 0 Å². The standard InChI is InChI=1S/C14H17N3O2S2/c1-9-12(6-11(15)7-14(9)21(16,18)19)17-4-2-13-10(8-17)3-5-20-13/h3,5-7H,2,4,8,15H2,1H3,(H2,16,18,19). The molecule has 0 spiro atoms. The number of nitrogens with zero attached hydrogens (tertiary/aromatic N) is 1. The Labute approximate surface area is 128 Å². The molecule has 2 heterocycles. The van der Waals surface area contributed by atoms with Crippen LogP contribution in [0.2, 0.25) is 0 Å². The van der Waals surface area contributed by atoms with Crippen LogP contribution in [-0.2, 0) is 23.0 Å². The molecule has 0 bridgehead atoms. The molecule has 0 fully saturated rings. The fraction of sp³-hybridized carbons (Fsp3) is 0.286. The first-order valence-electron chi connectivity index (χ1n) is 6.59. The Bertz CT molecular complexity index is 797. The highest BCUT2D eigenvalue weighted by Crippen LogP contribution is 2.33. The Morgan fingerprint density at radius 1 is 1.33 bits per heavy atom. The van der Waals surface area contributed by atoms with E-state index in [1.165, 1.54) is 16.5 Å². The molecule has 0 aliphatic carbocycles. The van der Waals surface area contributed by atoms with Crippen LogP contribution >= 0.6 is 11.3 Å². The molecule has 1 aliphatic rings. The van der Waals surface area contributed by atoms with E-state index in [1.807, 2.05) is 6.07 Å². The van der Waals surface area contributed by atoms with Gasteiger partial charge in [-0.1, -0.05) is 0 Å². The summed E-state index contributed by atoms with van der Waals surface area (Å²) in [7, 11) is -3.77. The van der Waals surface area contributed by atoms with Crippen LogP contribution in [0, 0.1) is 6.92 Å². The molecule has 2 aromatic rings. The molecule has 7 heteroatoms. The summed E-state index contributed by atoms with van der Waals surface area (Å²) < 4.78 is 23.4. The summed E-state index contributed by atoms with van der Waals surface area (Å²) in [6, 6.07) is 5.36. The fourth-order valence-electron chi connectivity index (χ4n) is 2.77. The van der Waals surface area contributed by atoms with E-state index >= 15 is 0 Å². The third kappa shape index (κ3) is 2.64. The molecule has 4 N–H and O–H groups in total. The molecule has 0 amide bonds. The van der Waals surface area contributed by atoms with E-state index in [1.54, 1.807) is 18.3 Å². The molecule has 3 rings (SSSR count). The molecule has 1 aromatic heterocycles. The Kier molecular flexibility index (Phi) is 3.43. The van der Waals surface area contributed by atoms with Gasteiger partial charge in [0.25, 0.3) is 0 Å². The van der Waals surface area contributed by atoms with Gasteiger partial charge in [0, 0.05) is 29.3 Å². The van der Waals surface area contributed by atoms with Crippen molar-refractivity contribution >= 4 is 32.7 Å². The Balaban J connectivity index is 2.06. The first-order chi connectivity index (χ1) is 9.86. The normalized spacial score (nSPS) is 15.0. The average Bonchev–Trinajstić information content (AvgIpc) is 2.87. The second-order valence-electron chi connectivity index (χ2n) is 5.25. The maximum absolute atomic E-state index is 11.7. The van der Waals surface area contributed by atoms with Crippen molar-refractivity contribution in [2.75, 3.05) is 17.2 Å². The number of rotatable bonds is 2. The molecule has 0 saturated heterocycles. The van der Waals surface area contributed by atoms with Crippen LogP contribution in [0.1, 0.15) is 16.0 Å². The predicted molar refractivity (Wildman–Crippen MR) is 86.0 cm³/mol. The number of nitrogen functional groups attached to an aromatic ring is 1. The van der Waals surface area contributed by atoms with Crippen molar-refractivity contribution in [2.24, 2.45) is 5.14 Å². The van der Waals surface area contributed by atoms with Gasteiger partial charge in [0.1, 0.15) is 0 Å². The highest BCUT2D eigenvalue weighted by molar-refractivity contribution is 7.89. The lowest BCUT2D eigenvalue weighted by Gasteiger charge is -2.31. The molecule has 112 valence electrons. The molecular formula is C14H17N3O2S2. The van der Waals surface area contributed by atoms with Crippen molar-refractivity contribution in [2.45, 2.75) is 24.8 Å². The summed E-state index contributed by atoms with van der Waals surface area (Å²) in [5.41, 5.74) is 9.07. The molecule has 0 radical (unpaired) electrons. The van der Waals surface area contributed by atoms with Gasteiger partial charge in [-0.05, 0) is 48.1 Å². The molecule has 0 atom stereocenters. The number of primary sulfonamides is 1. The number of benzene rings is 1. The highest BCUT2D eigenvalue weighted by atomic mass is 32.2. The molecule has 21 heavy (non-hydrogen) atoms. The van der Waals surface area contributed by atoms with E-state index in [4.69, 9.17) is 10.9 Å². The van der Waals surface area contributed by atoms with E-state index in [9.17, 15) is 8.42 Å². The van der Waals surface area contributed by atoms with Gasteiger partial charge in [-0.2, -0.15) is 0 Å². The zero-order valence-corrected chi connectivity index (χ0v) is 13.3. The highest BCUT2D eigenvalue weighted by Gasteiger charge is 2.22. The van der Waals surface area contributed by atoms with Gasteiger partial charge in [-0.15, -0.1) is 11.3 Å². The quantitative estimate of drug-likeness (QED) is 0.825. The lowest BCUT2D eigenvalue weighted by atomic mass is 10.1. The van der Waals surface area contributed by atoms with Crippen LogP contribution in [0.3, 0.4) is 0 Å². The topological polar surface area (TPSA) is 89.4 Å². The summed E-state index contributed by atoms with van der Waals surface area (Å²) in [6.45, 7) is 3.40. The van der Waals surface area contributed by atoms with E-state index in [0.717, 1.165) is 25.2 Å². The van der Waals surface area contributed by atoms with Gasteiger partial charge in [0.2, 0.25) is 10.0 Å². The second kappa shape index (κ2) is 5.01. The summed E-state index contributed by atoms with van der Waals surface area (Å²) in [6.07, 6.45) is 0.964. The van der Waals surface area contributed by atoms with Gasteiger partial charge in [-0.25, -0.2) is 13.6 Å². The summed E-state index contributed by atoms with van der Waals surface area (Å²) in [4.78, 5) is 3.67. The molecule has 0 saturated carbocycles. The Hall–Kier alpha value is -1.57. The van der Waals surface area contributed by atoms with Crippen molar-refractivity contribution in [3.63, 3.8) is 0 Å². The number of hydrogen-bond donors (Lipinski definition) is 2. The van der Waals surface area contributed by atoms with Gasteiger partial charge in [-0.3, -0.25) is 0 Å². The maximum atomic E-state index is 11.7. The van der Waals surface area contributed by atoms with Crippen molar-refractivity contribution < 1.29 is 8.42 Å². The monoisotopic (exact) mass is 323 g/mol. The lowest BCUT2D eigenvalue weighted by Crippen LogP contribution is -2.30. The van der Waals surface area contributed by atoms with Crippen LogP contribution < -0.4 is 15.8 Å². The number of hydrogen-bond acceptors (Lipinski definition) is 5.